The first-order valence-corrected chi connectivity index (χ1v) is 12.5. The lowest BCUT2D eigenvalue weighted by molar-refractivity contribution is 0.0594. The molecule has 0 aliphatic heterocycles. The summed E-state index contributed by atoms with van der Waals surface area (Å²) in [6.45, 7) is 0. The molecule has 0 radical (unpaired) electrons. The first-order chi connectivity index (χ1) is 17.4. The van der Waals surface area contributed by atoms with Crippen LogP contribution in [0.3, 0.4) is 0 Å². The van der Waals surface area contributed by atoms with Crippen LogP contribution in [0.5, 0.6) is 0 Å². The van der Waals surface area contributed by atoms with Crippen molar-refractivity contribution < 1.29 is 17.9 Å². The molecule has 2 aromatic heterocycles. The zero-order chi connectivity index (χ0) is 25.3. The minimum atomic E-state index is -3.88. The van der Waals surface area contributed by atoms with Gasteiger partial charge in [0.2, 0.25) is 0 Å². The lowest BCUT2D eigenvalue weighted by Crippen LogP contribution is -2.13. The number of benzene rings is 3. The van der Waals surface area contributed by atoms with Gasteiger partial charge in [0.15, 0.2) is 0 Å². The van der Waals surface area contributed by atoms with Gasteiger partial charge in [-0.25, -0.2) is 18.2 Å². The number of carbonyl (C=O) groups is 1. The molecule has 5 rings (SSSR count). The molecular weight excluding hydrogens is 474 g/mol. The van der Waals surface area contributed by atoms with E-state index in [1.165, 1.54) is 19.4 Å². The van der Waals surface area contributed by atoms with E-state index in [0.29, 0.717) is 16.8 Å². The molecular formula is C28H21N3O4S. The van der Waals surface area contributed by atoms with Crippen molar-refractivity contribution in [3.05, 3.63) is 102 Å². The van der Waals surface area contributed by atoms with Gasteiger partial charge in [-0.2, -0.15) is 0 Å². The van der Waals surface area contributed by atoms with Crippen molar-refractivity contribution >= 4 is 43.5 Å². The van der Waals surface area contributed by atoms with Crippen molar-refractivity contribution in [1.29, 1.82) is 0 Å². The molecule has 0 aliphatic rings. The maximum atomic E-state index is 13.3. The molecule has 5 aromatic rings. The second-order valence-corrected chi connectivity index (χ2v) is 9.76. The number of nitrogens with zero attached hydrogens (tertiary/aromatic N) is 2. The van der Waals surface area contributed by atoms with Gasteiger partial charge in [-0.1, -0.05) is 42.2 Å². The maximum absolute atomic E-state index is 13.3. The van der Waals surface area contributed by atoms with Crippen LogP contribution >= 0.6 is 0 Å². The molecule has 1 N–H and O–H groups in total. The highest BCUT2D eigenvalue weighted by molar-refractivity contribution is 7.92. The minimum Gasteiger partial charge on any atom is -0.464 e. The fourth-order valence-electron chi connectivity index (χ4n) is 4.03. The van der Waals surface area contributed by atoms with Crippen LogP contribution < -0.4 is 4.72 Å². The van der Waals surface area contributed by atoms with E-state index in [9.17, 15) is 13.2 Å². The topological polar surface area (TPSA) is 90.3 Å². The number of para-hydroxylation sites is 2. The van der Waals surface area contributed by atoms with Gasteiger partial charge in [-0.15, -0.1) is 0 Å². The van der Waals surface area contributed by atoms with Crippen LogP contribution in [-0.4, -0.2) is 31.0 Å². The van der Waals surface area contributed by atoms with Crippen molar-refractivity contribution in [3.8, 4) is 11.8 Å². The Morgan fingerprint density at radius 1 is 0.917 bits per heavy atom. The second-order valence-electron chi connectivity index (χ2n) is 8.08. The van der Waals surface area contributed by atoms with E-state index in [1.807, 2.05) is 41.9 Å². The van der Waals surface area contributed by atoms with Crippen LogP contribution in [0.4, 0.5) is 5.69 Å². The summed E-state index contributed by atoms with van der Waals surface area (Å²) in [4.78, 5) is 15.8. The molecule has 0 amide bonds. The molecule has 0 unspecified atom stereocenters. The third-order valence-electron chi connectivity index (χ3n) is 5.87. The van der Waals surface area contributed by atoms with Crippen LogP contribution in [0.25, 0.3) is 21.8 Å². The number of aromatic nitrogens is 2. The number of sulfonamides is 1. The number of hydrogen-bond donors (Lipinski definition) is 1. The lowest BCUT2D eigenvalue weighted by atomic mass is 10.1. The van der Waals surface area contributed by atoms with Crippen LogP contribution in [0.1, 0.15) is 21.6 Å². The van der Waals surface area contributed by atoms with E-state index in [1.54, 1.807) is 42.5 Å². The Hall–Kier alpha value is -4.61. The van der Waals surface area contributed by atoms with Gasteiger partial charge < -0.3 is 9.30 Å². The highest BCUT2D eigenvalue weighted by atomic mass is 32.2. The number of ether oxygens (including phenoxy) is 1. The second kappa shape index (κ2) is 9.21. The fourth-order valence-corrected chi connectivity index (χ4v) is 5.14. The molecule has 0 saturated heterocycles. The molecule has 0 spiro atoms. The Morgan fingerprint density at radius 3 is 2.44 bits per heavy atom. The average Bonchev–Trinajstić information content (AvgIpc) is 3.19. The molecule has 0 aliphatic carbocycles. The number of nitrogens with one attached hydrogen (secondary N) is 1. The molecule has 36 heavy (non-hydrogen) atoms. The number of rotatable bonds is 4. The molecule has 0 saturated carbocycles. The van der Waals surface area contributed by atoms with Gasteiger partial charge in [0.25, 0.3) is 10.0 Å². The number of anilines is 1. The number of aryl methyl sites for hydroxylation is 1. The predicted molar refractivity (Wildman–Crippen MR) is 139 cm³/mol. The van der Waals surface area contributed by atoms with Crippen molar-refractivity contribution in [3.63, 3.8) is 0 Å². The number of fused-ring (bicyclic) bond motifs is 3. The Balaban J connectivity index is 1.46. The third kappa shape index (κ3) is 4.28. The third-order valence-corrected chi connectivity index (χ3v) is 7.23. The average molecular weight is 496 g/mol. The predicted octanol–water partition coefficient (Wildman–Crippen LogP) is 4.71. The van der Waals surface area contributed by atoms with Gasteiger partial charge >= 0.3 is 5.97 Å². The summed E-state index contributed by atoms with van der Waals surface area (Å²) >= 11 is 0. The molecule has 178 valence electrons. The van der Waals surface area contributed by atoms with Gasteiger partial charge in [0.1, 0.15) is 5.69 Å². The summed E-state index contributed by atoms with van der Waals surface area (Å²) in [6.07, 6.45) is 1.46. The Labute approximate surface area is 208 Å². The van der Waals surface area contributed by atoms with E-state index >= 15 is 0 Å². The molecule has 8 heteroatoms. The molecule has 7 nitrogen and oxygen atoms in total. The van der Waals surface area contributed by atoms with Crippen LogP contribution in [0, 0.1) is 11.8 Å². The highest BCUT2D eigenvalue weighted by Gasteiger charge is 2.18. The van der Waals surface area contributed by atoms with E-state index < -0.39 is 16.0 Å². The van der Waals surface area contributed by atoms with Gasteiger partial charge in [0.05, 0.1) is 17.7 Å². The molecule has 3 aromatic carbocycles. The standard InChI is InChI=1S/C28H21N3O4S/c1-31-26-10-6-4-8-22(26)23-17-21(14-16-27(23)31)36(33,34)30-24-9-5-3-7-20(24)13-11-19-12-15-25(29-18-19)28(32)35-2/h3-10,12,14-18,30H,1-2H3. The number of methoxy groups -OCH3 is 1. The number of hydrogen-bond acceptors (Lipinski definition) is 5. The number of esters is 1. The van der Waals surface area contributed by atoms with Crippen LogP contribution in [0.2, 0.25) is 0 Å². The first kappa shape index (κ1) is 23.1. The summed E-state index contributed by atoms with van der Waals surface area (Å²) in [5.74, 6) is 5.41. The van der Waals surface area contributed by atoms with Crippen molar-refractivity contribution in [2.24, 2.45) is 7.05 Å². The van der Waals surface area contributed by atoms with Crippen molar-refractivity contribution in [2.75, 3.05) is 11.8 Å². The minimum absolute atomic E-state index is 0.164. The largest absolute Gasteiger partial charge is 0.464 e. The summed E-state index contributed by atoms with van der Waals surface area (Å²) in [5.41, 5.74) is 3.60. The Morgan fingerprint density at radius 2 is 1.67 bits per heavy atom. The van der Waals surface area contributed by atoms with Gasteiger partial charge in [-0.05, 0) is 48.5 Å². The van der Waals surface area contributed by atoms with Crippen LogP contribution in [0.15, 0.2) is 90.0 Å². The molecule has 0 bridgehead atoms. The van der Waals surface area contributed by atoms with E-state index in [-0.39, 0.29) is 10.6 Å². The van der Waals surface area contributed by atoms with E-state index in [4.69, 9.17) is 0 Å². The zero-order valence-corrected chi connectivity index (χ0v) is 20.3. The Bertz CT molecular complexity index is 1790. The Kier molecular flexibility index (Phi) is 5.92. The monoisotopic (exact) mass is 495 g/mol. The smallest absolute Gasteiger partial charge is 0.356 e. The summed E-state index contributed by atoms with van der Waals surface area (Å²) in [5, 5.41) is 1.86. The van der Waals surface area contributed by atoms with E-state index in [2.05, 4.69) is 26.3 Å². The van der Waals surface area contributed by atoms with Gasteiger partial charge in [0, 0.05) is 46.2 Å². The van der Waals surface area contributed by atoms with Crippen LogP contribution in [-0.2, 0) is 21.8 Å². The first-order valence-electron chi connectivity index (χ1n) is 11.0. The fraction of sp³-hybridized carbons (Fsp3) is 0.0714. The normalized spacial score (nSPS) is 11.2. The lowest BCUT2D eigenvalue weighted by Gasteiger charge is -2.10. The maximum Gasteiger partial charge on any atom is 0.356 e. The van der Waals surface area contributed by atoms with Crippen molar-refractivity contribution in [2.45, 2.75) is 4.90 Å². The zero-order valence-electron chi connectivity index (χ0n) is 19.5. The van der Waals surface area contributed by atoms with Crippen molar-refractivity contribution in [1.82, 2.24) is 9.55 Å². The SMILES string of the molecule is COC(=O)c1ccc(C#Cc2ccccc2NS(=O)(=O)c2ccc3c(c2)c2ccccc2n3C)cn1. The molecule has 2 heterocycles. The number of carbonyl (C=O) groups excluding carboxylic acids is 1. The summed E-state index contributed by atoms with van der Waals surface area (Å²) < 4.78 is 36.0. The quantitative estimate of drug-likeness (QED) is 0.288. The highest BCUT2D eigenvalue weighted by Crippen LogP contribution is 2.30. The number of pyridine rings is 1. The summed E-state index contributed by atoms with van der Waals surface area (Å²) in [6, 6.07) is 23.1. The molecule has 0 atom stereocenters. The summed E-state index contributed by atoms with van der Waals surface area (Å²) in [7, 11) is -0.628. The molecule has 0 fully saturated rings. The van der Waals surface area contributed by atoms with Gasteiger partial charge in [-0.3, -0.25) is 4.72 Å². The van der Waals surface area contributed by atoms with E-state index in [0.717, 1.165) is 21.8 Å².